The number of hydrogen-bond acceptors (Lipinski definition) is 3. The van der Waals surface area contributed by atoms with E-state index in [0.29, 0.717) is 12.2 Å². The molecular weight excluding hydrogens is 534 g/mol. The molecule has 0 N–H and O–H groups in total. The summed E-state index contributed by atoms with van der Waals surface area (Å²) in [6.07, 6.45) is 2.52. The van der Waals surface area contributed by atoms with E-state index < -0.39 is 5.41 Å². The van der Waals surface area contributed by atoms with Gasteiger partial charge in [0.25, 0.3) is 0 Å². The number of benzene rings is 2. The quantitative estimate of drug-likeness (QED) is 0.397. The average Bonchev–Trinajstić information content (AvgIpc) is 3.05. The number of hydrogen-bond donors (Lipinski definition) is 0. The highest BCUT2D eigenvalue weighted by atomic mass is 79.9. The lowest BCUT2D eigenvalue weighted by Gasteiger charge is -2.20. The van der Waals surface area contributed by atoms with Gasteiger partial charge in [-0.3, -0.25) is 9.59 Å². The SMILES string of the molecule is CC1(C)C(=O)Cc2cc(Br)ccc21.COCCCCN1C(=O)C(C)(C)c2ccc(Br)cc21. The van der Waals surface area contributed by atoms with E-state index in [4.69, 9.17) is 4.74 Å². The van der Waals surface area contributed by atoms with Crippen molar-refractivity contribution >= 4 is 49.2 Å². The van der Waals surface area contributed by atoms with E-state index in [2.05, 4.69) is 31.9 Å². The molecule has 0 atom stereocenters. The van der Waals surface area contributed by atoms with E-state index in [-0.39, 0.29) is 11.3 Å². The van der Waals surface area contributed by atoms with Gasteiger partial charge in [-0.25, -0.2) is 0 Å². The minimum Gasteiger partial charge on any atom is -0.385 e. The third kappa shape index (κ3) is 4.87. The number of carbonyl (C=O) groups excluding carboxylic acids is 2. The van der Waals surface area contributed by atoms with E-state index >= 15 is 0 Å². The predicted molar refractivity (Wildman–Crippen MR) is 137 cm³/mol. The third-order valence-electron chi connectivity index (χ3n) is 6.47. The maximum atomic E-state index is 12.5. The summed E-state index contributed by atoms with van der Waals surface area (Å²) in [6, 6.07) is 12.2. The number of unbranched alkanes of at least 4 members (excludes halogenated alkanes) is 1. The average molecular weight is 565 g/mol. The van der Waals surface area contributed by atoms with Gasteiger partial charge in [0.1, 0.15) is 5.78 Å². The first-order valence-electron chi connectivity index (χ1n) is 10.9. The van der Waals surface area contributed by atoms with Crippen LogP contribution >= 0.6 is 31.9 Å². The van der Waals surface area contributed by atoms with Gasteiger partial charge in [-0.05, 0) is 81.5 Å². The molecule has 0 saturated carbocycles. The van der Waals surface area contributed by atoms with E-state index in [1.165, 1.54) is 11.1 Å². The zero-order valence-corrected chi connectivity index (χ0v) is 22.6. The molecule has 2 aromatic rings. The summed E-state index contributed by atoms with van der Waals surface area (Å²) in [6.45, 7) is 9.49. The van der Waals surface area contributed by atoms with Crippen LogP contribution in [-0.4, -0.2) is 32.0 Å². The van der Waals surface area contributed by atoms with Crippen LogP contribution in [0.15, 0.2) is 45.3 Å². The Morgan fingerprint density at radius 3 is 2.19 bits per heavy atom. The van der Waals surface area contributed by atoms with Crippen molar-refractivity contribution in [3.8, 4) is 0 Å². The summed E-state index contributed by atoms with van der Waals surface area (Å²) in [5.41, 5.74) is 3.81. The van der Waals surface area contributed by atoms with Crippen LogP contribution in [0.1, 0.15) is 57.2 Å². The smallest absolute Gasteiger partial charge is 0.237 e. The second kappa shape index (κ2) is 9.78. The monoisotopic (exact) mass is 563 g/mol. The Labute approximate surface area is 208 Å². The van der Waals surface area contributed by atoms with Crippen LogP contribution in [0.5, 0.6) is 0 Å². The van der Waals surface area contributed by atoms with Crippen LogP contribution in [0.4, 0.5) is 5.69 Å². The normalized spacial score (nSPS) is 17.7. The minimum absolute atomic E-state index is 0.193. The molecule has 1 heterocycles. The largest absolute Gasteiger partial charge is 0.385 e. The summed E-state index contributed by atoms with van der Waals surface area (Å²) in [5, 5.41) is 0. The lowest BCUT2D eigenvalue weighted by Crippen LogP contribution is -2.36. The van der Waals surface area contributed by atoms with E-state index in [9.17, 15) is 9.59 Å². The number of anilines is 1. The standard InChI is InChI=1S/C15H20BrNO2.C11H11BrO/c1-15(2)12-7-6-11(16)10-13(12)17(14(15)18)8-4-5-9-19-3;1-11(2)9-4-3-8(12)5-7(9)6-10(11)13/h6-7,10H,4-5,8-9H2,1-3H3;3-5H,6H2,1-2H3. The summed E-state index contributed by atoms with van der Waals surface area (Å²) < 4.78 is 7.12. The lowest BCUT2D eigenvalue weighted by atomic mass is 9.86. The Kier molecular flexibility index (Phi) is 7.68. The Morgan fingerprint density at radius 1 is 0.906 bits per heavy atom. The number of carbonyl (C=O) groups is 2. The Bertz CT molecular complexity index is 1030. The van der Waals surface area contributed by atoms with Crippen molar-refractivity contribution < 1.29 is 14.3 Å². The maximum absolute atomic E-state index is 12.5. The van der Waals surface area contributed by atoms with Crippen molar-refractivity contribution in [3.63, 3.8) is 0 Å². The summed E-state index contributed by atoms with van der Waals surface area (Å²) in [4.78, 5) is 26.1. The number of ketones is 1. The molecule has 1 aliphatic carbocycles. The highest BCUT2D eigenvalue weighted by molar-refractivity contribution is 9.10. The van der Waals surface area contributed by atoms with E-state index in [1.54, 1.807) is 7.11 Å². The van der Waals surface area contributed by atoms with Crippen molar-refractivity contribution in [2.75, 3.05) is 25.2 Å². The van der Waals surface area contributed by atoms with Gasteiger partial charge in [0, 0.05) is 46.7 Å². The fourth-order valence-corrected chi connectivity index (χ4v) is 5.18. The molecule has 0 saturated heterocycles. The van der Waals surface area contributed by atoms with Gasteiger partial charge in [-0.1, -0.05) is 44.0 Å². The van der Waals surface area contributed by atoms with Crippen LogP contribution < -0.4 is 4.90 Å². The Balaban J connectivity index is 0.000000193. The molecule has 0 spiro atoms. The van der Waals surface area contributed by atoms with Crippen LogP contribution in [-0.2, 0) is 31.6 Å². The first-order valence-corrected chi connectivity index (χ1v) is 12.5. The number of ether oxygens (including phenoxy) is 1. The summed E-state index contributed by atoms with van der Waals surface area (Å²) in [5.74, 6) is 0.513. The predicted octanol–water partition coefficient (Wildman–Crippen LogP) is 6.35. The molecule has 2 aromatic carbocycles. The second-order valence-electron chi connectivity index (χ2n) is 9.47. The van der Waals surface area contributed by atoms with Crippen molar-refractivity contribution in [1.29, 1.82) is 0 Å². The van der Waals surface area contributed by atoms with E-state index in [1.807, 2.05) is 69.0 Å². The van der Waals surface area contributed by atoms with Gasteiger partial charge in [-0.2, -0.15) is 0 Å². The van der Waals surface area contributed by atoms with E-state index in [0.717, 1.165) is 46.2 Å². The molecule has 4 nitrogen and oxygen atoms in total. The molecule has 4 rings (SSSR count). The first kappa shape index (κ1) is 25.1. The molecule has 1 amide bonds. The lowest BCUT2D eigenvalue weighted by molar-refractivity contribution is -0.122. The number of fused-ring (bicyclic) bond motifs is 2. The topological polar surface area (TPSA) is 46.6 Å². The molecular formula is C26H31Br2NO3. The number of halogens is 2. The van der Waals surface area contributed by atoms with Crippen LogP contribution in [0, 0.1) is 0 Å². The number of methoxy groups -OCH3 is 1. The Hall–Kier alpha value is -1.50. The molecule has 0 fully saturated rings. The number of amides is 1. The fraction of sp³-hybridized carbons (Fsp3) is 0.462. The molecule has 0 bridgehead atoms. The molecule has 0 aromatic heterocycles. The van der Waals surface area contributed by atoms with Gasteiger partial charge in [0.05, 0.1) is 5.41 Å². The number of nitrogens with zero attached hydrogens (tertiary/aromatic N) is 1. The zero-order chi connectivity index (χ0) is 23.7. The van der Waals surface area contributed by atoms with Crippen LogP contribution in [0.2, 0.25) is 0 Å². The highest BCUT2D eigenvalue weighted by Gasteiger charge is 2.43. The highest BCUT2D eigenvalue weighted by Crippen LogP contribution is 2.42. The van der Waals surface area contributed by atoms with Gasteiger partial charge in [-0.15, -0.1) is 0 Å². The van der Waals surface area contributed by atoms with Gasteiger partial charge in [0.15, 0.2) is 0 Å². The number of Topliss-reactive ketones (excluding diaryl/α,β-unsaturated/α-hetero) is 1. The Morgan fingerprint density at radius 2 is 1.53 bits per heavy atom. The second-order valence-corrected chi connectivity index (χ2v) is 11.3. The molecule has 0 unspecified atom stereocenters. The van der Waals surface area contributed by atoms with Crippen molar-refractivity contribution in [1.82, 2.24) is 0 Å². The van der Waals surface area contributed by atoms with Crippen molar-refractivity contribution in [3.05, 3.63) is 62.0 Å². The van der Waals surface area contributed by atoms with Crippen molar-refractivity contribution in [2.45, 2.75) is 57.8 Å². The molecule has 0 radical (unpaired) electrons. The van der Waals surface area contributed by atoms with Gasteiger partial charge < -0.3 is 9.64 Å². The summed E-state index contributed by atoms with van der Waals surface area (Å²) in [7, 11) is 1.70. The van der Waals surface area contributed by atoms with Crippen molar-refractivity contribution in [2.24, 2.45) is 0 Å². The molecule has 6 heteroatoms. The fourth-order valence-electron chi connectivity index (χ4n) is 4.42. The van der Waals surface area contributed by atoms with Crippen LogP contribution in [0.3, 0.4) is 0 Å². The molecule has 172 valence electrons. The maximum Gasteiger partial charge on any atom is 0.237 e. The van der Waals surface area contributed by atoms with Gasteiger partial charge >= 0.3 is 0 Å². The molecule has 2 aliphatic rings. The molecule has 1 aliphatic heterocycles. The van der Waals surface area contributed by atoms with Crippen LogP contribution in [0.25, 0.3) is 0 Å². The zero-order valence-electron chi connectivity index (χ0n) is 19.4. The number of rotatable bonds is 5. The summed E-state index contributed by atoms with van der Waals surface area (Å²) >= 11 is 6.90. The van der Waals surface area contributed by atoms with Gasteiger partial charge in [0.2, 0.25) is 5.91 Å². The third-order valence-corrected chi connectivity index (χ3v) is 7.46. The molecule has 32 heavy (non-hydrogen) atoms. The minimum atomic E-state index is -0.419. The first-order chi connectivity index (χ1) is 15.0.